The lowest BCUT2D eigenvalue weighted by Crippen LogP contribution is -1.95. The van der Waals surface area contributed by atoms with E-state index in [9.17, 15) is 4.79 Å². The minimum atomic E-state index is -0.550. The normalized spacial score (nSPS) is 10.4. The van der Waals surface area contributed by atoms with Crippen LogP contribution in [0.4, 0.5) is 0 Å². The van der Waals surface area contributed by atoms with Crippen LogP contribution in [0.2, 0.25) is 0 Å². The molecule has 1 aromatic carbocycles. The first-order chi connectivity index (χ1) is 6.66. The molecule has 0 radical (unpaired) electrons. The van der Waals surface area contributed by atoms with E-state index < -0.39 is 5.76 Å². The zero-order chi connectivity index (χ0) is 10.1. The summed E-state index contributed by atoms with van der Waals surface area (Å²) in [5.41, 5.74) is 0.808. The highest BCUT2D eigenvalue weighted by Gasteiger charge is 2.08. The van der Waals surface area contributed by atoms with Gasteiger partial charge in [0, 0.05) is 13.6 Å². The summed E-state index contributed by atoms with van der Waals surface area (Å²) in [6, 6.07) is 5.74. The van der Waals surface area contributed by atoms with E-state index in [0.29, 0.717) is 5.82 Å². The maximum absolute atomic E-state index is 10.8. The number of hydrogen-bond donors (Lipinski definition) is 1. The van der Waals surface area contributed by atoms with Crippen LogP contribution in [-0.2, 0) is 0 Å². The Hall–Kier alpha value is -0.630. The lowest BCUT2D eigenvalue weighted by molar-refractivity contribution is 0.388. The monoisotopic (exact) mass is 366 g/mol. The van der Waals surface area contributed by atoms with Crippen molar-refractivity contribution in [2.24, 2.45) is 0 Å². The Balaban J connectivity index is 2.61. The van der Waals surface area contributed by atoms with Gasteiger partial charge in [0.15, 0.2) is 5.82 Å². The Kier molecular flexibility index (Phi) is 2.73. The van der Waals surface area contributed by atoms with E-state index in [4.69, 9.17) is 0 Å². The predicted octanol–water partition coefficient (Wildman–Crippen LogP) is 2.40. The van der Waals surface area contributed by atoms with Gasteiger partial charge in [0.25, 0.3) is 0 Å². The van der Waals surface area contributed by atoms with Gasteiger partial charge in [-0.25, -0.2) is 4.79 Å². The van der Waals surface area contributed by atoms with Crippen molar-refractivity contribution >= 4 is 38.5 Å². The molecule has 0 bridgehead atoms. The highest BCUT2D eigenvalue weighted by Crippen LogP contribution is 2.26. The van der Waals surface area contributed by atoms with E-state index in [1.807, 2.05) is 18.2 Å². The summed E-state index contributed by atoms with van der Waals surface area (Å²) in [7, 11) is 0. The van der Waals surface area contributed by atoms with Crippen LogP contribution in [0.25, 0.3) is 11.4 Å². The van der Waals surface area contributed by atoms with Gasteiger partial charge in [-0.3, -0.25) is 9.51 Å². The first-order valence-electron chi connectivity index (χ1n) is 3.68. The van der Waals surface area contributed by atoms with Crippen molar-refractivity contribution in [1.82, 2.24) is 10.1 Å². The number of nitrogens with one attached hydrogen (secondary N) is 1. The fourth-order valence-corrected chi connectivity index (χ4v) is 1.95. The van der Waals surface area contributed by atoms with Gasteiger partial charge in [-0.2, -0.15) is 0 Å². The summed E-state index contributed by atoms with van der Waals surface area (Å²) in [6.07, 6.45) is 0. The number of nitrogens with zero attached hydrogens (tertiary/aromatic N) is 1. The average molecular weight is 367 g/mol. The van der Waals surface area contributed by atoms with Gasteiger partial charge >= 0.3 is 5.76 Å². The zero-order valence-electron chi connectivity index (χ0n) is 6.75. The topological polar surface area (TPSA) is 58.9 Å². The van der Waals surface area contributed by atoms with Gasteiger partial charge in [-0.1, -0.05) is 21.1 Å². The molecule has 2 aromatic rings. The second kappa shape index (κ2) is 3.85. The first-order valence-corrected chi connectivity index (χ1v) is 5.55. The Morgan fingerprint density at radius 3 is 2.93 bits per heavy atom. The molecule has 0 fully saturated rings. The fourth-order valence-electron chi connectivity index (χ4n) is 1.02. The van der Waals surface area contributed by atoms with Crippen molar-refractivity contribution in [2.75, 3.05) is 0 Å². The van der Waals surface area contributed by atoms with Crippen LogP contribution in [0.1, 0.15) is 0 Å². The predicted molar refractivity (Wildman–Crippen MR) is 63.0 cm³/mol. The summed E-state index contributed by atoms with van der Waals surface area (Å²) in [5, 5.41) is 3.61. The summed E-state index contributed by atoms with van der Waals surface area (Å²) in [5.74, 6) is -0.119. The smallest absolute Gasteiger partial charge is 0.296 e. The van der Waals surface area contributed by atoms with Crippen LogP contribution >= 0.6 is 38.5 Å². The van der Waals surface area contributed by atoms with Crippen molar-refractivity contribution < 1.29 is 4.52 Å². The van der Waals surface area contributed by atoms with Crippen LogP contribution in [0, 0.1) is 3.57 Å². The maximum Gasteiger partial charge on any atom is 0.439 e. The molecular formula is C8H4BrIN2O2. The molecule has 72 valence electrons. The van der Waals surface area contributed by atoms with E-state index in [0.717, 1.165) is 13.6 Å². The Morgan fingerprint density at radius 1 is 1.50 bits per heavy atom. The third kappa shape index (κ3) is 1.90. The Morgan fingerprint density at radius 2 is 2.29 bits per heavy atom. The largest absolute Gasteiger partial charge is 0.439 e. The zero-order valence-corrected chi connectivity index (χ0v) is 10.5. The maximum atomic E-state index is 10.8. The molecule has 0 atom stereocenters. The molecule has 1 heterocycles. The van der Waals surface area contributed by atoms with E-state index in [2.05, 4.69) is 53.2 Å². The summed E-state index contributed by atoms with van der Waals surface area (Å²) in [6.45, 7) is 0. The molecule has 2 rings (SSSR count). The lowest BCUT2D eigenvalue weighted by Gasteiger charge is -1.99. The van der Waals surface area contributed by atoms with Crippen LogP contribution < -0.4 is 5.76 Å². The van der Waals surface area contributed by atoms with Crippen molar-refractivity contribution in [1.29, 1.82) is 0 Å². The highest BCUT2D eigenvalue weighted by atomic mass is 127. The van der Waals surface area contributed by atoms with E-state index >= 15 is 0 Å². The van der Waals surface area contributed by atoms with Crippen LogP contribution in [0.3, 0.4) is 0 Å². The van der Waals surface area contributed by atoms with E-state index in [-0.39, 0.29) is 0 Å². The molecule has 6 heteroatoms. The minimum Gasteiger partial charge on any atom is -0.296 e. The van der Waals surface area contributed by atoms with Crippen molar-refractivity contribution in [2.45, 2.75) is 0 Å². The number of rotatable bonds is 1. The van der Waals surface area contributed by atoms with Crippen molar-refractivity contribution in [3.63, 3.8) is 0 Å². The SMILES string of the molecule is O=c1[nH]c(-c2cc(I)ccc2Br)no1. The molecule has 0 aliphatic rings. The molecule has 1 aromatic heterocycles. The molecule has 0 amide bonds. The molecule has 0 spiro atoms. The molecule has 0 unspecified atom stereocenters. The Labute approximate surface area is 101 Å². The van der Waals surface area contributed by atoms with Gasteiger partial charge < -0.3 is 0 Å². The quantitative estimate of drug-likeness (QED) is 0.788. The molecule has 4 nitrogen and oxygen atoms in total. The van der Waals surface area contributed by atoms with Crippen LogP contribution in [0.15, 0.2) is 32.0 Å². The van der Waals surface area contributed by atoms with Gasteiger partial charge in [0.1, 0.15) is 0 Å². The third-order valence-corrected chi connectivity index (χ3v) is 2.99. The lowest BCUT2D eigenvalue weighted by atomic mass is 10.2. The molecular weight excluding hydrogens is 363 g/mol. The number of aromatic nitrogens is 2. The molecule has 0 aliphatic carbocycles. The van der Waals surface area contributed by atoms with Gasteiger partial charge in [-0.15, -0.1) is 0 Å². The molecule has 1 N–H and O–H groups in total. The second-order valence-electron chi connectivity index (χ2n) is 2.57. The van der Waals surface area contributed by atoms with E-state index in [1.54, 1.807) is 0 Å². The molecule has 0 aliphatic heterocycles. The van der Waals surface area contributed by atoms with Crippen LogP contribution in [-0.4, -0.2) is 10.1 Å². The number of hydrogen-bond acceptors (Lipinski definition) is 3. The van der Waals surface area contributed by atoms with Gasteiger partial charge in [-0.05, 0) is 40.8 Å². The van der Waals surface area contributed by atoms with E-state index in [1.165, 1.54) is 0 Å². The summed E-state index contributed by atoms with van der Waals surface area (Å²) < 4.78 is 6.35. The van der Waals surface area contributed by atoms with Crippen molar-refractivity contribution in [3.05, 3.63) is 36.8 Å². The van der Waals surface area contributed by atoms with Gasteiger partial charge in [0.2, 0.25) is 0 Å². The number of halogens is 2. The van der Waals surface area contributed by atoms with Gasteiger partial charge in [0.05, 0.1) is 0 Å². The Bertz CT molecular complexity index is 520. The van der Waals surface area contributed by atoms with Crippen molar-refractivity contribution in [3.8, 4) is 11.4 Å². The highest BCUT2D eigenvalue weighted by molar-refractivity contribution is 14.1. The first kappa shape index (κ1) is 9.91. The second-order valence-corrected chi connectivity index (χ2v) is 4.67. The number of benzene rings is 1. The number of aromatic amines is 1. The molecule has 0 saturated heterocycles. The standard InChI is InChI=1S/C8H4BrIN2O2/c9-6-2-1-4(10)3-5(6)7-11-8(13)14-12-7/h1-3H,(H,11,12,13). The minimum absolute atomic E-state index is 0.431. The molecule has 0 saturated carbocycles. The molecule has 14 heavy (non-hydrogen) atoms. The summed E-state index contributed by atoms with van der Waals surface area (Å²) in [4.78, 5) is 13.3. The number of H-pyrrole nitrogens is 1. The average Bonchev–Trinajstić information content (AvgIpc) is 2.56. The van der Waals surface area contributed by atoms with Crippen LogP contribution in [0.5, 0.6) is 0 Å². The fraction of sp³-hybridized carbons (Fsp3) is 0. The third-order valence-electron chi connectivity index (χ3n) is 1.62. The summed E-state index contributed by atoms with van der Waals surface area (Å²) >= 11 is 5.55.